The second-order valence-corrected chi connectivity index (χ2v) is 8.10. The van der Waals surface area contributed by atoms with Gasteiger partial charge in [0, 0.05) is 10.3 Å². The summed E-state index contributed by atoms with van der Waals surface area (Å²) in [6.45, 7) is 3.93. The Morgan fingerprint density at radius 2 is 2.09 bits per heavy atom. The van der Waals surface area contributed by atoms with Crippen molar-refractivity contribution in [2.45, 2.75) is 19.3 Å². The summed E-state index contributed by atoms with van der Waals surface area (Å²) >= 11 is 3.17. The lowest BCUT2D eigenvalue weighted by atomic mass is 9.73. The number of piperidine rings is 3. The molecular weight excluding hydrogens is 330 g/mol. The van der Waals surface area contributed by atoms with Gasteiger partial charge in [-0.05, 0) is 50.3 Å². The van der Waals surface area contributed by atoms with Gasteiger partial charge in [0.25, 0.3) is 0 Å². The molecule has 0 aliphatic carbocycles. The molecule has 0 atom stereocenters. The number of nitrogens with zero attached hydrogens (tertiary/aromatic N) is 2. The summed E-state index contributed by atoms with van der Waals surface area (Å²) in [6.07, 6.45) is 3.02. The van der Waals surface area contributed by atoms with Crippen molar-refractivity contribution in [3.63, 3.8) is 0 Å². The van der Waals surface area contributed by atoms with Crippen molar-refractivity contribution in [3.8, 4) is 9.75 Å². The highest BCUT2D eigenvalue weighted by molar-refractivity contribution is 7.20. The fourth-order valence-electron chi connectivity index (χ4n) is 3.38. The number of nitrogens with one attached hydrogen (secondary N) is 1. The zero-order chi connectivity index (χ0) is 15.7. The number of fused-ring (bicyclic) bond motifs is 3. The molecule has 3 saturated heterocycles. The van der Waals surface area contributed by atoms with Crippen molar-refractivity contribution in [1.82, 2.24) is 9.88 Å². The second-order valence-electron chi connectivity index (χ2n) is 6.30. The minimum Gasteiger partial charge on any atom is -0.449 e. The molecule has 1 N–H and O–H groups in total. The summed E-state index contributed by atoms with van der Waals surface area (Å²) in [5, 5.41) is 4.83. The minimum absolute atomic E-state index is 0.199. The van der Waals surface area contributed by atoms with Crippen LogP contribution in [0, 0.1) is 5.41 Å². The molecule has 23 heavy (non-hydrogen) atoms. The molecule has 122 valence electrons. The maximum absolute atomic E-state index is 12.2. The van der Waals surface area contributed by atoms with Crippen LogP contribution >= 0.6 is 22.7 Å². The maximum Gasteiger partial charge on any atom is 0.412 e. The van der Waals surface area contributed by atoms with Crippen LogP contribution in [0.25, 0.3) is 9.75 Å². The predicted molar refractivity (Wildman–Crippen MR) is 93.1 cm³/mol. The largest absolute Gasteiger partial charge is 0.449 e. The first-order chi connectivity index (χ1) is 11.2. The predicted octanol–water partition coefficient (Wildman–Crippen LogP) is 3.91. The molecule has 2 aromatic rings. The van der Waals surface area contributed by atoms with E-state index in [1.807, 2.05) is 17.5 Å². The Bertz CT molecular complexity index is 662. The average Bonchev–Trinajstić information content (AvgIpc) is 3.26. The zero-order valence-electron chi connectivity index (χ0n) is 12.8. The Morgan fingerprint density at radius 1 is 1.30 bits per heavy atom. The number of carbonyl (C=O) groups is 1. The summed E-state index contributed by atoms with van der Waals surface area (Å²) in [5.41, 5.74) is 1.95. The lowest BCUT2D eigenvalue weighted by Crippen LogP contribution is -2.50. The number of rotatable bonds is 4. The first-order valence-electron chi connectivity index (χ1n) is 7.88. The third kappa shape index (κ3) is 3.13. The Morgan fingerprint density at radius 3 is 2.78 bits per heavy atom. The Labute approximate surface area is 143 Å². The summed E-state index contributed by atoms with van der Waals surface area (Å²) in [6, 6.07) is 4.03. The molecule has 3 aliphatic rings. The molecule has 5 nitrogen and oxygen atoms in total. The number of aromatic nitrogens is 1. The van der Waals surface area contributed by atoms with Crippen LogP contribution < -0.4 is 5.32 Å². The van der Waals surface area contributed by atoms with Crippen LogP contribution in [0.4, 0.5) is 10.6 Å². The highest BCUT2D eigenvalue weighted by Gasteiger charge is 2.40. The van der Waals surface area contributed by atoms with Crippen molar-refractivity contribution >= 4 is 34.6 Å². The number of amides is 1. The number of thiophene rings is 1. The van der Waals surface area contributed by atoms with Gasteiger partial charge in [-0.15, -0.1) is 22.7 Å². The molecule has 5 heterocycles. The lowest BCUT2D eigenvalue weighted by Gasteiger charge is -2.47. The molecule has 5 rings (SSSR count). The van der Waals surface area contributed by atoms with Crippen molar-refractivity contribution in [2.75, 3.05) is 31.6 Å². The highest BCUT2D eigenvalue weighted by atomic mass is 32.1. The van der Waals surface area contributed by atoms with Crippen LogP contribution in [-0.4, -0.2) is 42.2 Å². The van der Waals surface area contributed by atoms with Gasteiger partial charge < -0.3 is 9.64 Å². The van der Waals surface area contributed by atoms with Crippen molar-refractivity contribution in [1.29, 1.82) is 0 Å². The fourth-order valence-corrected chi connectivity index (χ4v) is 5.00. The topological polar surface area (TPSA) is 54.5 Å². The third-order valence-corrected chi connectivity index (χ3v) is 6.79. The van der Waals surface area contributed by atoms with Crippen molar-refractivity contribution < 1.29 is 9.53 Å². The number of hydrogen-bond acceptors (Lipinski definition) is 6. The number of hydrogen-bond donors (Lipinski definition) is 1. The van der Waals surface area contributed by atoms with E-state index in [0.29, 0.717) is 12.4 Å². The average molecular weight is 349 g/mol. The molecule has 3 aliphatic heterocycles. The van der Waals surface area contributed by atoms with Gasteiger partial charge in [-0.25, -0.2) is 9.78 Å². The SMILES string of the molecule is O=C(Nc1ncsc1-c1cccs1)OCC12CCN(CC1)CC2. The van der Waals surface area contributed by atoms with Crippen LogP contribution in [0.5, 0.6) is 0 Å². The third-order valence-electron chi connectivity index (χ3n) is 4.92. The standard InChI is InChI=1S/C16H19N3O2S2/c20-15(21-10-16-3-6-19(7-4-16)8-5-16)18-14-13(23-11-17-14)12-2-1-9-22-12/h1-2,9,11H,3-8,10H2,(H,18,20). The molecular formula is C16H19N3O2S2. The molecule has 2 aromatic heterocycles. The highest BCUT2D eigenvalue weighted by Crippen LogP contribution is 2.40. The van der Waals surface area contributed by atoms with Gasteiger partial charge in [-0.3, -0.25) is 5.32 Å². The Hall–Kier alpha value is -1.44. The van der Waals surface area contributed by atoms with Crippen LogP contribution in [0.1, 0.15) is 19.3 Å². The smallest absolute Gasteiger partial charge is 0.412 e. The van der Waals surface area contributed by atoms with Crippen LogP contribution in [0.3, 0.4) is 0 Å². The second kappa shape index (κ2) is 6.22. The van der Waals surface area contributed by atoms with Gasteiger partial charge in [-0.2, -0.15) is 0 Å². The van der Waals surface area contributed by atoms with Crippen LogP contribution in [0.15, 0.2) is 23.0 Å². The summed E-state index contributed by atoms with van der Waals surface area (Å²) in [4.78, 5) is 21.0. The molecule has 2 bridgehead atoms. The van der Waals surface area contributed by atoms with Gasteiger partial charge in [0.05, 0.1) is 17.0 Å². The van der Waals surface area contributed by atoms with E-state index in [2.05, 4.69) is 15.2 Å². The van der Waals surface area contributed by atoms with Crippen molar-refractivity contribution in [3.05, 3.63) is 23.0 Å². The summed E-state index contributed by atoms with van der Waals surface area (Å²) < 4.78 is 5.55. The van der Waals surface area contributed by atoms with Gasteiger partial charge in [0.2, 0.25) is 0 Å². The van der Waals surface area contributed by atoms with Gasteiger partial charge in [0.1, 0.15) is 0 Å². The summed E-state index contributed by atoms with van der Waals surface area (Å²) in [7, 11) is 0. The van der Waals surface area contributed by atoms with E-state index in [0.717, 1.165) is 48.7 Å². The molecule has 7 heteroatoms. The number of anilines is 1. The molecule has 1 amide bonds. The fraction of sp³-hybridized carbons (Fsp3) is 0.500. The molecule has 0 aromatic carbocycles. The lowest BCUT2D eigenvalue weighted by molar-refractivity contribution is -0.0190. The quantitative estimate of drug-likeness (QED) is 0.909. The Kier molecular flexibility index (Phi) is 4.09. The summed E-state index contributed by atoms with van der Waals surface area (Å²) in [5.74, 6) is 0.596. The minimum atomic E-state index is -0.393. The van der Waals surface area contributed by atoms with E-state index in [4.69, 9.17) is 4.74 Å². The number of carbonyl (C=O) groups excluding carboxylic acids is 1. The normalized spacial score (nSPS) is 26.2. The zero-order valence-corrected chi connectivity index (χ0v) is 14.4. The van der Waals surface area contributed by atoms with Crippen LogP contribution in [-0.2, 0) is 4.74 Å². The molecule has 0 radical (unpaired) electrons. The Balaban J connectivity index is 1.37. The van der Waals surface area contributed by atoms with E-state index in [9.17, 15) is 4.79 Å². The van der Waals surface area contributed by atoms with E-state index < -0.39 is 6.09 Å². The van der Waals surface area contributed by atoms with E-state index in [1.165, 1.54) is 11.3 Å². The molecule has 0 unspecified atom stereocenters. The van der Waals surface area contributed by atoms with Gasteiger partial charge in [0.15, 0.2) is 5.82 Å². The van der Waals surface area contributed by atoms with Crippen LogP contribution in [0.2, 0.25) is 0 Å². The van der Waals surface area contributed by atoms with E-state index >= 15 is 0 Å². The van der Waals surface area contributed by atoms with Gasteiger partial charge in [-0.1, -0.05) is 6.07 Å². The van der Waals surface area contributed by atoms with E-state index in [1.54, 1.807) is 16.8 Å². The number of ether oxygens (including phenoxy) is 1. The van der Waals surface area contributed by atoms with Gasteiger partial charge >= 0.3 is 6.09 Å². The first-order valence-corrected chi connectivity index (χ1v) is 9.64. The molecule has 0 saturated carbocycles. The number of thiazole rings is 1. The maximum atomic E-state index is 12.2. The monoisotopic (exact) mass is 349 g/mol. The van der Waals surface area contributed by atoms with Crippen molar-refractivity contribution in [2.24, 2.45) is 5.41 Å². The molecule has 3 fully saturated rings. The first kappa shape index (κ1) is 15.1. The molecule has 0 spiro atoms. The van der Waals surface area contributed by atoms with E-state index in [-0.39, 0.29) is 5.41 Å².